The van der Waals surface area contributed by atoms with Gasteiger partial charge in [-0.25, -0.2) is 0 Å². The van der Waals surface area contributed by atoms with Gasteiger partial charge in [0.1, 0.15) is 5.69 Å². The smallest absolute Gasteiger partial charge is 0.292 e. The molecule has 2 rings (SSSR count). The van der Waals surface area contributed by atoms with Gasteiger partial charge in [-0.3, -0.25) is 4.79 Å². The summed E-state index contributed by atoms with van der Waals surface area (Å²) in [5, 5.41) is 21.8. The number of benzene rings is 1. The lowest BCUT2D eigenvalue weighted by atomic mass is 10.1. The molecule has 1 aromatic heterocycles. The van der Waals surface area contributed by atoms with E-state index >= 15 is 0 Å². The van der Waals surface area contributed by atoms with Crippen molar-refractivity contribution in [3.05, 3.63) is 41.7 Å². The van der Waals surface area contributed by atoms with E-state index in [1.165, 1.54) is 4.90 Å². The predicted octanol–water partition coefficient (Wildman–Crippen LogP) is 1.47. The van der Waals surface area contributed by atoms with Gasteiger partial charge in [-0.1, -0.05) is 35.0 Å². The van der Waals surface area contributed by atoms with Crippen LogP contribution >= 0.6 is 0 Å². The summed E-state index contributed by atoms with van der Waals surface area (Å²) in [5.74, 6) is -0.213. The number of aromatic nitrogens is 1. The number of carbonyl (C=O) groups is 1. The van der Waals surface area contributed by atoms with Crippen LogP contribution in [0.4, 0.5) is 0 Å². The minimum atomic E-state index is -0.339. The summed E-state index contributed by atoms with van der Waals surface area (Å²) in [4.78, 5) is 13.8. The van der Waals surface area contributed by atoms with Crippen LogP contribution in [0, 0.1) is 6.92 Å². The quantitative estimate of drug-likeness (QED) is 0.809. The van der Waals surface area contributed by atoms with Gasteiger partial charge in [0.05, 0.1) is 6.61 Å². The lowest BCUT2D eigenvalue weighted by Crippen LogP contribution is -2.34. The number of hydrogen-bond acceptors (Lipinski definition) is 5. The van der Waals surface area contributed by atoms with Gasteiger partial charge < -0.3 is 19.6 Å². The Balaban J connectivity index is 2.14. The second-order valence-electron chi connectivity index (χ2n) is 5.04. The van der Waals surface area contributed by atoms with Gasteiger partial charge in [-0.15, -0.1) is 0 Å². The molecule has 0 saturated heterocycles. The van der Waals surface area contributed by atoms with Gasteiger partial charge in [-0.2, -0.15) is 0 Å². The number of nitrogens with zero attached hydrogens (tertiary/aromatic N) is 2. The van der Waals surface area contributed by atoms with Crippen LogP contribution in [0.25, 0.3) is 11.3 Å². The Hall–Kier alpha value is -2.18. The molecule has 0 saturated carbocycles. The number of hydrogen-bond donors (Lipinski definition) is 2. The van der Waals surface area contributed by atoms with Crippen LogP contribution in [0.3, 0.4) is 0 Å². The highest BCUT2D eigenvalue weighted by Crippen LogP contribution is 2.20. The molecular formula is C16H20N2O4. The van der Waals surface area contributed by atoms with Crippen molar-refractivity contribution in [1.82, 2.24) is 10.1 Å². The zero-order valence-electron chi connectivity index (χ0n) is 12.5. The maximum atomic E-state index is 12.3. The molecule has 0 aliphatic heterocycles. The normalized spacial score (nSPS) is 10.7. The van der Waals surface area contributed by atoms with Gasteiger partial charge in [0, 0.05) is 31.3 Å². The summed E-state index contributed by atoms with van der Waals surface area (Å²) in [6, 6.07) is 9.35. The van der Waals surface area contributed by atoms with Gasteiger partial charge in [-0.05, 0) is 13.3 Å². The van der Waals surface area contributed by atoms with Crippen molar-refractivity contribution in [1.29, 1.82) is 0 Å². The summed E-state index contributed by atoms with van der Waals surface area (Å²) >= 11 is 0. The van der Waals surface area contributed by atoms with E-state index in [-0.39, 0.29) is 31.4 Å². The van der Waals surface area contributed by atoms with Gasteiger partial charge in [0.25, 0.3) is 5.91 Å². The Morgan fingerprint density at radius 3 is 2.55 bits per heavy atom. The average Bonchev–Trinajstić information content (AvgIpc) is 3.01. The van der Waals surface area contributed by atoms with Gasteiger partial charge in [0.15, 0.2) is 0 Å². The standard InChI is InChI=1S/C16H20N2O4/c1-12-3-5-13(6-4-12)14-11-15(22-17-14)16(21)18(8-10-20)7-2-9-19/h3-6,11,19-20H,2,7-10H2,1H3. The van der Waals surface area contributed by atoms with E-state index in [4.69, 9.17) is 14.7 Å². The van der Waals surface area contributed by atoms with Crippen LogP contribution < -0.4 is 0 Å². The maximum absolute atomic E-state index is 12.3. The third-order valence-corrected chi connectivity index (χ3v) is 3.31. The Labute approximate surface area is 129 Å². The fourth-order valence-corrected chi connectivity index (χ4v) is 2.09. The van der Waals surface area contributed by atoms with E-state index < -0.39 is 0 Å². The summed E-state index contributed by atoms with van der Waals surface area (Å²) in [6.07, 6.45) is 0.449. The molecule has 2 aromatic rings. The SMILES string of the molecule is Cc1ccc(-c2cc(C(=O)N(CCO)CCCO)on2)cc1. The summed E-state index contributed by atoms with van der Waals surface area (Å²) in [6.45, 7) is 2.39. The predicted molar refractivity (Wildman–Crippen MR) is 81.4 cm³/mol. The molecule has 1 aromatic carbocycles. The van der Waals surface area contributed by atoms with Crippen LogP contribution in [-0.2, 0) is 0 Å². The third kappa shape index (κ3) is 3.93. The second kappa shape index (κ2) is 7.72. The number of amides is 1. The molecule has 0 bridgehead atoms. The second-order valence-corrected chi connectivity index (χ2v) is 5.04. The monoisotopic (exact) mass is 304 g/mol. The number of carbonyl (C=O) groups excluding carboxylic acids is 1. The first-order valence-corrected chi connectivity index (χ1v) is 7.20. The molecule has 0 aliphatic rings. The zero-order chi connectivity index (χ0) is 15.9. The minimum Gasteiger partial charge on any atom is -0.396 e. The first kappa shape index (κ1) is 16.2. The molecule has 0 atom stereocenters. The van der Waals surface area contributed by atoms with Crippen LogP contribution in [-0.4, -0.2) is 52.5 Å². The van der Waals surface area contributed by atoms with E-state index in [1.807, 2.05) is 31.2 Å². The van der Waals surface area contributed by atoms with Gasteiger partial charge in [0.2, 0.25) is 5.76 Å². The van der Waals surface area contributed by atoms with Crippen molar-refractivity contribution in [3.8, 4) is 11.3 Å². The van der Waals surface area contributed by atoms with Crippen molar-refractivity contribution in [3.63, 3.8) is 0 Å². The summed E-state index contributed by atoms with van der Waals surface area (Å²) in [7, 11) is 0. The Bertz CT molecular complexity index is 607. The first-order chi connectivity index (χ1) is 10.7. The molecule has 1 heterocycles. The molecule has 22 heavy (non-hydrogen) atoms. The zero-order valence-corrected chi connectivity index (χ0v) is 12.5. The lowest BCUT2D eigenvalue weighted by molar-refractivity contribution is 0.0669. The highest BCUT2D eigenvalue weighted by Gasteiger charge is 2.20. The Kier molecular flexibility index (Phi) is 5.68. The number of aryl methyl sites for hydroxylation is 1. The van der Waals surface area contributed by atoms with Crippen LogP contribution in [0.1, 0.15) is 22.5 Å². The number of aliphatic hydroxyl groups excluding tert-OH is 2. The Morgan fingerprint density at radius 1 is 1.18 bits per heavy atom. The highest BCUT2D eigenvalue weighted by atomic mass is 16.5. The van der Waals surface area contributed by atoms with E-state index in [0.717, 1.165) is 11.1 Å². The lowest BCUT2D eigenvalue weighted by Gasteiger charge is -2.19. The molecule has 0 radical (unpaired) electrons. The molecule has 0 spiro atoms. The molecule has 2 N–H and O–H groups in total. The van der Waals surface area contributed by atoms with Crippen molar-refractivity contribution < 1.29 is 19.5 Å². The maximum Gasteiger partial charge on any atom is 0.292 e. The topological polar surface area (TPSA) is 86.8 Å². The highest BCUT2D eigenvalue weighted by molar-refractivity contribution is 5.92. The minimum absolute atomic E-state index is 0.0137. The van der Waals surface area contributed by atoms with Crippen LogP contribution in [0.15, 0.2) is 34.9 Å². The number of aliphatic hydroxyl groups is 2. The van der Waals surface area contributed by atoms with Crippen molar-refractivity contribution >= 4 is 5.91 Å². The van der Waals surface area contributed by atoms with Gasteiger partial charge >= 0.3 is 0 Å². The summed E-state index contributed by atoms with van der Waals surface area (Å²) in [5.41, 5.74) is 2.61. The third-order valence-electron chi connectivity index (χ3n) is 3.31. The van der Waals surface area contributed by atoms with E-state index in [9.17, 15) is 4.79 Å². The molecule has 118 valence electrons. The summed E-state index contributed by atoms with van der Waals surface area (Å²) < 4.78 is 5.13. The Morgan fingerprint density at radius 2 is 1.91 bits per heavy atom. The molecule has 6 heteroatoms. The van der Waals surface area contributed by atoms with Crippen molar-refractivity contribution in [2.45, 2.75) is 13.3 Å². The van der Waals surface area contributed by atoms with Crippen molar-refractivity contribution in [2.75, 3.05) is 26.3 Å². The molecule has 0 fully saturated rings. The largest absolute Gasteiger partial charge is 0.396 e. The fraction of sp³-hybridized carbons (Fsp3) is 0.375. The number of rotatable bonds is 7. The molecular weight excluding hydrogens is 284 g/mol. The molecule has 1 amide bonds. The van der Waals surface area contributed by atoms with E-state index in [2.05, 4.69) is 5.16 Å². The van der Waals surface area contributed by atoms with Crippen molar-refractivity contribution in [2.24, 2.45) is 0 Å². The van der Waals surface area contributed by atoms with E-state index in [0.29, 0.717) is 18.7 Å². The average molecular weight is 304 g/mol. The molecule has 6 nitrogen and oxygen atoms in total. The molecule has 0 aliphatic carbocycles. The first-order valence-electron chi connectivity index (χ1n) is 7.20. The fourth-order valence-electron chi connectivity index (χ4n) is 2.09. The molecule has 0 unspecified atom stereocenters. The van der Waals surface area contributed by atoms with Crippen LogP contribution in [0.2, 0.25) is 0 Å². The van der Waals surface area contributed by atoms with Crippen LogP contribution in [0.5, 0.6) is 0 Å². The van der Waals surface area contributed by atoms with E-state index in [1.54, 1.807) is 6.07 Å².